The van der Waals surface area contributed by atoms with Crippen molar-refractivity contribution in [1.29, 1.82) is 0 Å². The number of rotatable bonds is 8. The predicted molar refractivity (Wildman–Crippen MR) is 119 cm³/mol. The maximum atomic E-state index is 12.4. The predicted octanol–water partition coefficient (Wildman–Crippen LogP) is 5.06. The second kappa shape index (κ2) is 10.2. The highest BCUT2D eigenvalue weighted by Crippen LogP contribution is 2.19. The molecule has 3 aromatic rings. The Morgan fingerprint density at radius 1 is 1.10 bits per heavy atom. The molecule has 0 aliphatic heterocycles. The number of nitro benzene ring substituents is 1. The topological polar surface area (TPSA) is 93.8 Å². The molecule has 0 heterocycles. The summed E-state index contributed by atoms with van der Waals surface area (Å²) in [6.07, 6.45) is 1.43. The Morgan fingerprint density at radius 2 is 1.81 bits per heavy atom. The number of non-ortho nitro benzene ring substituents is 1. The minimum Gasteiger partial charge on any atom is -0.489 e. The minimum atomic E-state index is -0.472. The Morgan fingerprint density at radius 3 is 2.45 bits per heavy atom. The van der Waals surface area contributed by atoms with Crippen LogP contribution in [-0.2, 0) is 6.61 Å². The van der Waals surface area contributed by atoms with E-state index in [9.17, 15) is 14.9 Å². The summed E-state index contributed by atoms with van der Waals surface area (Å²) in [5, 5.41) is 14.6. The number of hydrogen-bond donors (Lipinski definition) is 1. The summed E-state index contributed by atoms with van der Waals surface area (Å²) in [7, 11) is 0. The molecule has 3 rings (SSSR count). The molecule has 7 heteroatoms. The van der Waals surface area contributed by atoms with Gasteiger partial charge in [-0.3, -0.25) is 14.9 Å². The monoisotopic (exact) mass is 417 g/mol. The first kappa shape index (κ1) is 21.7. The molecule has 0 aliphatic rings. The van der Waals surface area contributed by atoms with Crippen LogP contribution in [-0.4, -0.2) is 17.0 Å². The molecule has 1 N–H and O–H groups in total. The van der Waals surface area contributed by atoms with E-state index in [1.165, 1.54) is 23.9 Å². The summed E-state index contributed by atoms with van der Waals surface area (Å²) in [4.78, 5) is 22.5. The summed E-state index contributed by atoms with van der Waals surface area (Å²) < 4.78 is 5.82. The van der Waals surface area contributed by atoms with Gasteiger partial charge in [-0.1, -0.05) is 38.1 Å². The molecular weight excluding hydrogens is 394 g/mol. The highest BCUT2D eigenvalue weighted by Gasteiger charge is 2.07. The van der Waals surface area contributed by atoms with Crippen LogP contribution >= 0.6 is 0 Å². The maximum Gasteiger partial charge on any atom is 0.271 e. The van der Waals surface area contributed by atoms with E-state index >= 15 is 0 Å². The SMILES string of the molecule is CC(C)c1ccc(OCc2cccc(C(=O)NN=Cc3ccc([N+](=O)[O-])cc3)c2)cc1. The summed E-state index contributed by atoms with van der Waals surface area (Å²) in [5.74, 6) is 0.876. The van der Waals surface area contributed by atoms with E-state index in [0.717, 1.165) is 11.3 Å². The van der Waals surface area contributed by atoms with Gasteiger partial charge in [-0.25, -0.2) is 5.43 Å². The van der Waals surface area contributed by atoms with E-state index in [1.54, 1.807) is 30.3 Å². The van der Waals surface area contributed by atoms with Gasteiger partial charge in [0, 0.05) is 17.7 Å². The maximum absolute atomic E-state index is 12.4. The number of nitro groups is 1. The van der Waals surface area contributed by atoms with Crippen LogP contribution in [0.4, 0.5) is 5.69 Å². The van der Waals surface area contributed by atoms with Gasteiger partial charge >= 0.3 is 0 Å². The van der Waals surface area contributed by atoms with Gasteiger partial charge in [-0.15, -0.1) is 0 Å². The second-order valence-corrected chi connectivity index (χ2v) is 7.26. The summed E-state index contributed by atoms with van der Waals surface area (Å²) in [6.45, 7) is 4.62. The van der Waals surface area contributed by atoms with E-state index in [4.69, 9.17) is 4.74 Å². The third-order valence-electron chi connectivity index (χ3n) is 4.63. The fraction of sp³-hybridized carbons (Fsp3) is 0.167. The van der Waals surface area contributed by atoms with Gasteiger partial charge in [0.15, 0.2) is 0 Å². The van der Waals surface area contributed by atoms with Crippen molar-refractivity contribution in [2.45, 2.75) is 26.4 Å². The summed E-state index contributed by atoms with van der Waals surface area (Å²) in [6, 6.07) is 21.0. The van der Waals surface area contributed by atoms with Crippen molar-refractivity contribution in [3.63, 3.8) is 0 Å². The first-order valence-corrected chi connectivity index (χ1v) is 9.82. The van der Waals surface area contributed by atoms with Crippen molar-refractivity contribution >= 4 is 17.8 Å². The number of nitrogens with zero attached hydrogens (tertiary/aromatic N) is 2. The van der Waals surface area contributed by atoms with Gasteiger partial charge in [0.1, 0.15) is 12.4 Å². The first-order valence-electron chi connectivity index (χ1n) is 9.82. The van der Waals surface area contributed by atoms with Crippen LogP contribution in [0.2, 0.25) is 0 Å². The van der Waals surface area contributed by atoms with E-state index in [1.807, 2.05) is 30.3 Å². The molecule has 0 aromatic heterocycles. The van der Waals surface area contributed by atoms with Crippen molar-refractivity contribution in [3.05, 3.63) is 105 Å². The number of carbonyl (C=O) groups excluding carboxylic acids is 1. The number of amides is 1. The lowest BCUT2D eigenvalue weighted by Crippen LogP contribution is -2.17. The highest BCUT2D eigenvalue weighted by molar-refractivity contribution is 5.95. The smallest absolute Gasteiger partial charge is 0.271 e. The normalized spacial score (nSPS) is 10.9. The van der Waals surface area contributed by atoms with Crippen molar-refractivity contribution in [2.75, 3.05) is 0 Å². The zero-order valence-corrected chi connectivity index (χ0v) is 17.3. The van der Waals surface area contributed by atoms with Crippen molar-refractivity contribution < 1.29 is 14.5 Å². The Labute approximate surface area is 180 Å². The van der Waals surface area contributed by atoms with E-state index in [2.05, 4.69) is 24.4 Å². The Kier molecular flexibility index (Phi) is 7.11. The molecule has 0 atom stereocenters. The minimum absolute atomic E-state index is 0.00363. The molecular formula is C24H23N3O4. The lowest BCUT2D eigenvalue weighted by atomic mass is 10.0. The quantitative estimate of drug-likeness (QED) is 0.315. The van der Waals surface area contributed by atoms with Gasteiger partial charge in [-0.05, 0) is 59.0 Å². The average Bonchev–Trinajstić information content (AvgIpc) is 2.78. The van der Waals surface area contributed by atoms with E-state index in [-0.39, 0.29) is 11.6 Å². The third-order valence-corrected chi connectivity index (χ3v) is 4.63. The first-order chi connectivity index (χ1) is 14.9. The van der Waals surface area contributed by atoms with E-state index < -0.39 is 4.92 Å². The number of carbonyl (C=O) groups is 1. The molecule has 31 heavy (non-hydrogen) atoms. The van der Waals surface area contributed by atoms with Crippen LogP contribution in [0.1, 0.15) is 46.8 Å². The van der Waals surface area contributed by atoms with Gasteiger partial charge in [0.2, 0.25) is 0 Å². The lowest BCUT2D eigenvalue weighted by molar-refractivity contribution is -0.384. The van der Waals surface area contributed by atoms with Gasteiger partial charge in [-0.2, -0.15) is 5.10 Å². The molecule has 3 aromatic carbocycles. The molecule has 0 saturated carbocycles. The largest absolute Gasteiger partial charge is 0.489 e. The average molecular weight is 417 g/mol. The molecule has 0 bridgehead atoms. The molecule has 0 saturated heterocycles. The van der Waals surface area contributed by atoms with Crippen LogP contribution in [0.3, 0.4) is 0 Å². The lowest BCUT2D eigenvalue weighted by Gasteiger charge is -2.09. The van der Waals surface area contributed by atoms with Crippen molar-refractivity contribution in [1.82, 2.24) is 5.43 Å². The number of ether oxygens (including phenoxy) is 1. The number of hydrogen-bond acceptors (Lipinski definition) is 5. The van der Waals surface area contributed by atoms with Crippen LogP contribution in [0.25, 0.3) is 0 Å². The summed E-state index contributed by atoms with van der Waals surface area (Å²) in [5.41, 5.74) is 5.66. The molecule has 0 fully saturated rings. The zero-order chi connectivity index (χ0) is 22.2. The molecule has 0 radical (unpaired) electrons. The molecule has 1 amide bonds. The number of hydrazone groups is 1. The van der Waals surface area contributed by atoms with Crippen LogP contribution in [0.5, 0.6) is 5.75 Å². The molecule has 0 unspecified atom stereocenters. The Hall–Kier alpha value is -4.00. The van der Waals surface area contributed by atoms with Crippen molar-refractivity contribution in [3.8, 4) is 5.75 Å². The van der Waals surface area contributed by atoms with Gasteiger partial charge in [0.05, 0.1) is 11.1 Å². The van der Waals surface area contributed by atoms with Gasteiger partial charge < -0.3 is 4.74 Å². The fourth-order valence-electron chi connectivity index (χ4n) is 2.83. The Balaban J connectivity index is 1.56. The molecule has 0 spiro atoms. The standard InChI is InChI=1S/C24H23N3O4/c1-17(2)20-8-12-23(13-9-20)31-16-19-4-3-5-21(14-19)24(28)26-25-15-18-6-10-22(11-7-18)27(29)30/h3-15,17H,16H2,1-2H3,(H,26,28). The molecule has 7 nitrogen and oxygen atoms in total. The second-order valence-electron chi connectivity index (χ2n) is 7.26. The summed E-state index contributed by atoms with van der Waals surface area (Å²) >= 11 is 0. The number of benzene rings is 3. The molecule has 158 valence electrons. The highest BCUT2D eigenvalue weighted by atomic mass is 16.6. The van der Waals surface area contributed by atoms with Crippen LogP contribution in [0, 0.1) is 10.1 Å². The van der Waals surface area contributed by atoms with Crippen LogP contribution < -0.4 is 10.2 Å². The molecule has 0 aliphatic carbocycles. The van der Waals surface area contributed by atoms with Crippen molar-refractivity contribution in [2.24, 2.45) is 5.10 Å². The van der Waals surface area contributed by atoms with Gasteiger partial charge in [0.25, 0.3) is 11.6 Å². The van der Waals surface area contributed by atoms with E-state index in [0.29, 0.717) is 23.7 Å². The number of nitrogens with one attached hydrogen (secondary N) is 1. The zero-order valence-electron chi connectivity index (χ0n) is 17.3. The fourth-order valence-corrected chi connectivity index (χ4v) is 2.83. The van der Waals surface area contributed by atoms with Crippen LogP contribution in [0.15, 0.2) is 77.9 Å². The Bertz CT molecular complexity index is 1070. The third kappa shape index (κ3) is 6.24.